The molecule has 144 valence electrons. The van der Waals surface area contributed by atoms with E-state index in [-0.39, 0.29) is 21.7 Å². The van der Waals surface area contributed by atoms with Gasteiger partial charge in [-0.25, -0.2) is 23.8 Å². The lowest BCUT2D eigenvalue weighted by Crippen LogP contribution is -2.21. The topological polar surface area (TPSA) is 132 Å². The second-order valence-corrected chi connectivity index (χ2v) is 8.31. The predicted octanol–water partition coefficient (Wildman–Crippen LogP) is 2.36. The first-order chi connectivity index (χ1) is 13.1. The van der Waals surface area contributed by atoms with E-state index in [0.29, 0.717) is 11.0 Å². The number of nitrogens with zero attached hydrogens (tertiary/aromatic N) is 1. The summed E-state index contributed by atoms with van der Waals surface area (Å²) in [7, 11) is -3.84. The minimum atomic E-state index is -3.84. The quantitative estimate of drug-likeness (QED) is 0.348. The molecule has 0 aliphatic carbocycles. The lowest BCUT2D eigenvalue weighted by atomic mass is 10.1. The summed E-state index contributed by atoms with van der Waals surface area (Å²) in [5.74, 6) is -0.576. The molecule has 3 aromatic rings. The van der Waals surface area contributed by atoms with E-state index in [9.17, 15) is 18.0 Å². The number of nitrogens with two attached hydrogens (primary N) is 1. The van der Waals surface area contributed by atoms with Crippen LogP contribution in [0.15, 0.2) is 72.2 Å². The van der Waals surface area contributed by atoms with Crippen molar-refractivity contribution in [1.82, 2.24) is 5.43 Å². The van der Waals surface area contributed by atoms with E-state index in [2.05, 4.69) is 26.5 Å². The summed E-state index contributed by atoms with van der Waals surface area (Å²) in [4.78, 5) is 24.2. The van der Waals surface area contributed by atoms with Crippen molar-refractivity contribution in [2.24, 2.45) is 10.2 Å². The number of hydrogen-bond acceptors (Lipinski definition) is 6. The van der Waals surface area contributed by atoms with Crippen molar-refractivity contribution >= 4 is 48.5 Å². The molecule has 2 aromatic carbocycles. The highest BCUT2D eigenvalue weighted by Crippen LogP contribution is 2.19. The predicted molar refractivity (Wildman–Crippen MR) is 108 cm³/mol. The average molecular weight is 464 g/mol. The highest BCUT2D eigenvalue weighted by Gasteiger charge is 2.12. The molecule has 0 fully saturated rings. The SMILES string of the molecule is C/C(=N\NC(=O)c1ccc(S(N)(=O)=O)cc1)c1cc2cc(Br)ccc2oc1=O. The number of hydrazone groups is 1. The average Bonchev–Trinajstić information content (AvgIpc) is 2.65. The van der Waals surface area contributed by atoms with Crippen LogP contribution in [0.5, 0.6) is 0 Å². The van der Waals surface area contributed by atoms with E-state index in [1.165, 1.54) is 24.3 Å². The van der Waals surface area contributed by atoms with Gasteiger partial charge in [0.1, 0.15) is 5.58 Å². The number of nitrogens with one attached hydrogen (secondary N) is 1. The third-order valence-corrected chi connectivity index (χ3v) is 5.28. The van der Waals surface area contributed by atoms with Crippen molar-refractivity contribution in [2.75, 3.05) is 0 Å². The van der Waals surface area contributed by atoms with Crippen molar-refractivity contribution < 1.29 is 17.6 Å². The number of rotatable bonds is 4. The van der Waals surface area contributed by atoms with E-state index >= 15 is 0 Å². The van der Waals surface area contributed by atoms with Crippen molar-refractivity contribution in [2.45, 2.75) is 11.8 Å². The molecule has 10 heteroatoms. The summed E-state index contributed by atoms with van der Waals surface area (Å²) in [6.07, 6.45) is 0. The molecule has 3 N–H and O–H groups in total. The van der Waals surface area contributed by atoms with E-state index in [1.54, 1.807) is 31.2 Å². The number of fused-ring (bicyclic) bond motifs is 1. The Bertz CT molecular complexity index is 1260. The van der Waals surface area contributed by atoms with Crippen LogP contribution < -0.4 is 16.2 Å². The Hall–Kier alpha value is -2.82. The third-order valence-electron chi connectivity index (χ3n) is 3.85. The number of benzene rings is 2. The monoisotopic (exact) mass is 463 g/mol. The molecule has 1 heterocycles. The normalized spacial score (nSPS) is 12.2. The summed E-state index contributed by atoms with van der Waals surface area (Å²) in [6, 6.07) is 11.9. The molecule has 28 heavy (non-hydrogen) atoms. The molecular formula is C18H14BrN3O5S. The van der Waals surface area contributed by atoms with Crippen LogP contribution in [0.1, 0.15) is 22.8 Å². The maximum absolute atomic E-state index is 12.2. The fourth-order valence-corrected chi connectivity index (χ4v) is 3.30. The van der Waals surface area contributed by atoms with Gasteiger partial charge in [-0.15, -0.1) is 0 Å². The maximum atomic E-state index is 12.2. The molecule has 1 aromatic heterocycles. The smallest absolute Gasteiger partial charge is 0.345 e. The van der Waals surface area contributed by atoms with E-state index in [0.717, 1.165) is 4.47 Å². The summed E-state index contributed by atoms with van der Waals surface area (Å²) in [5.41, 5.74) is 2.81. The highest BCUT2D eigenvalue weighted by molar-refractivity contribution is 9.10. The zero-order chi connectivity index (χ0) is 20.5. The fourth-order valence-electron chi connectivity index (χ4n) is 2.40. The summed E-state index contributed by atoms with van der Waals surface area (Å²) in [5, 5.41) is 9.65. The van der Waals surface area contributed by atoms with Gasteiger partial charge in [-0.05, 0) is 55.5 Å². The first kappa shape index (κ1) is 19.9. The molecule has 1 amide bonds. The maximum Gasteiger partial charge on any atom is 0.345 e. The zero-order valence-electron chi connectivity index (χ0n) is 14.5. The molecule has 0 saturated carbocycles. The number of sulfonamides is 1. The second kappa shape index (κ2) is 7.66. The fraction of sp³-hybridized carbons (Fsp3) is 0.0556. The van der Waals surface area contributed by atoms with Gasteiger partial charge in [-0.1, -0.05) is 15.9 Å². The van der Waals surface area contributed by atoms with Crippen molar-refractivity contribution in [1.29, 1.82) is 0 Å². The van der Waals surface area contributed by atoms with Gasteiger partial charge in [0.2, 0.25) is 10.0 Å². The van der Waals surface area contributed by atoms with Crippen LogP contribution in [-0.2, 0) is 10.0 Å². The summed E-state index contributed by atoms with van der Waals surface area (Å²) >= 11 is 3.35. The largest absolute Gasteiger partial charge is 0.422 e. The van der Waals surface area contributed by atoms with Gasteiger partial charge in [-0.2, -0.15) is 5.10 Å². The van der Waals surface area contributed by atoms with Crippen LogP contribution in [0.3, 0.4) is 0 Å². The minimum absolute atomic E-state index is 0.108. The molecule has 0 bridgehead atoms. The molecule has 0 spiro atoms. The van der Waals surface area contributed by atoms with Gasteiger partial charge in [0, 0.05) is 15.4 Å². The lowest BCUT2D eigenvalue weighted by molar-refractivity contribution is 0.0954. The van der Waals surface area contributed by atoms with Crippen LogP contribution in [-0.4, -0.2) is 20.0 Å². The Kier molecular flexibility index (Phi) is 5.45. The Morgan fingerprint density at radius 3 is 2.46 bits per heavy atom. The van der Waals surface area contributed by atoms with Gasteiger partial charge in [0.15, 0.2) is 0 Å². The molecule has 0 unspecified atom stereocenters. The van der Waals surface area contributed by atoms with Gasteiger partial charge >= 0.3 is 5.63 Å². The van der Waals surface area contributed by atoms with Gasteiger partial charge in [0.25, 0.3) is 5.91 Å². The Morgan fingerprint density at radius 2 is 1.82 bits per heavy atom. The number of hydrogen-bond donors (Lipinski definition) is 2. The molecule has 8 nitrogen and oxygen atoms in total. The Morgan fingerprint density at radius 1 is 1.14 bits per heavy atom. The van der Waals surface area contributed by atoms with Crippen LogP contribution in [0, 0.1) is 0 Å². The van der Waals surface area contributed by atoms with E-state index in [4.69, 9.17) is 9.56 Å². The lowest BCUT2D eigenvalue weighted by Gasteiger charge is -2.05. The van der Waals surface area contributed by atoms with Gasteiger partial charge < -0.3 is 4.42 Å². The number of primary sulfonamides is 1. The standard InChI is InChI=1S/C18H14BrN3O5S/c1-10(15-9-12-8-13(19)4-7-16(12)27-18(15)24)21-22-17(23)11-2-5-14(6-3-11)28(20,25)26/h2-9H,1H3,(H,22,23)(H2,20,25,26)/b21-10+. The van der Waals surface area contributed by atoms with Crippen LogP contribution in [0.4, 0.5) is 0 Å². The number of halogens is 1. The summed E-state index contributed by atoms with van der Waals surface area (Å²) < 4.78 is 28.6. The van der Waals surface area contributed by atoms with E-state index in [1.807, 2.05) is 0 Å². The minimum Gasteiger partial charge on any atom is -0.422 e. The molecule has 0 atom stereocenters. The van der Waals surface area contributed by atoms with Crippen molar-refractivity contribution in [3.05, 3.63) is 74.6 Å². The first-order valence-electron chi connectivity index (χ1n) is 7.86. The van der Waals surface area contributed by atoms with Gasteiger partial charge in [0.05, 0.1) is 16.2 Å². The Labute approximate surface area is 168 Å². The van der Waals surface area contributed by atoms with Gasteiger partial charge in [-0.3, -0.25) is 4.79 Å². The highest BCUT2D eigenvalue weighted by atomic mass is 79.9. The number of carbonyl (C=O) groups is 1. The second-order valence-electron chi connectivity index (χ2n) is 5.84. The summed E-state index contributed by atoms with van der Waals surface area (Å²) in [6.45, 7) is 1.56. The van der Waals surface area contributed by atoms with Crippen molar-refractivity contribution in [3.8, 4) is 0 Å². The Balaban J connectivity index is 1.84. The molecular weight excluding hydrogens is 450 g/mol. The zero-order valence-corrected chi connectivity index (χ0v) is 16.9. The molecule has 0 saturated heterocycles. The van der Waals surface area contributed by atoms with Crippen LogP contribution in [0.2, 0.25) is 0 Å². The van der Waals surface area contributed by atoms with Crippen molar-refractivity contribution in [3.63, 3.8) is 0 Å². The number of carbonyl (C=O) groups excluding carboxylic acids is 1. The van der Waals surface area contributed by atoms with E-state index < -0.39 is 21.6 Å². The van der Waals surface area contributed by atoms with Crippen LogP contribution >= 0.6 is 15.9 Å². The first-order valence-corrected chi connectivity index (χ1v) is 10.2. The third kappa shape index (κ3) is 4.35. The molecule has 3 rings (SSSR count). The molecule has 0 aliphatic heterocycles. The molecule has 0 radical (unpaired) electrons. The molecule has 0 aliphatic rings. The number of amides is 1. The van der Waals surface area contributed by atoms with Crippen LogP contribution in [0.25, 0.3) is 11.0 Å².